The number of aliphatic hydroxyl groups is 1. The number of ether oxygens (including phenoxy) is 2. The number of carbonyl (C=O) groups is 2. The number of Topliss-reactive ketones (excluding diaryl/α,β-unsaturated/α-hetero) is 1. The molecule has 5 heteroatoms. The average Bonchev–Trinajstić information content (AvgIpc) is 2.91. The molecular formula is C23H34O5. The minimum atomic E-state index is -1.97. The topological polar surface area (TPSA) is 72.8 Å². The van der Waals surface area contributed by atoms with Crippen LogP contribution in [0.2, 0.25) is 0 Å². The molecule has 0 heterocycles. The summed E-state index contributed by atoms with van der Waals surface area (Å²) in [5, 5.41) is 11.2. The molecule has 2 fully saturated rings. The van der Waals surface area contributed by atoms with Gasteiger partial charge in [0.25, 0.3) is 0 Å². The number of rotatable bonds is 4. The van der Waals surface area contributed by atoms with Crippen molar-refractivity contribution in [1.82, 2.24) is 0 Å². The van der Waals surface area contributed by atoms with E-state index in [1.165, 1.54) is 25.9 Å². The lowest BCUT2D eigenvalue weighted by Gasteiger charge is -2.59. The summed E-state index contributed by atoms with van der Waals surface area (Å²) in [6, 6.07) is 0. The van der Waals surface area contributed by atoms with E-state index in [4.69, 9.17) is 9.47 Å². The highest BCUT2D eigenvalue weighted by molar-refractivity contribution is 6.05. The third-order valence-electron chi connectivity index (χ3n) is 8.38. The molecule has 6 atom stereocenters. The largest absolute Gasteiger partial charge is 0.493 e. The highest BCUT2D eigenvalue weighted by Crippen LogP contribution is 2.63. The molecule has 0 aromatic carbocycles. The van der Waals surface area contributed by atoms with E-state index >= 15 is 0 Å². The molecule has 2 saturated carbocycles. The minimum Gasteiger partial charge on any atom is -0.493 e. The van der Waals surface area contributed by atoms with Crippen LogP contribution in [-0.4, -0.2) is 36.7 Å². The van der Waals surface area contributed by atoms with Crippen molar-refractivity contribution in [3.05, 3.63) is 24.0 Å². The number of allylic oxidation sites excluding steroid dienone is 2. The van der Waals surface area contributed by atoms with Gasteiger partial charge in [-0.1, -0.05) is 32.9 Å². The lowest BCUT2D eigenvalue weighted by Crippen LogP contribution is -2.54. The van der Waals surface area contributed by atoms with E-state index in [1.54, 1.807) is 0 Å². The Morgan fingerprint density at radius 1 is 1.32 bits per heavy atom. The van der Waals surface area contributed by atoms with Gasteiger partial charge < -0.3 is 14.6 Å². The maximum absolute atomic E-state index is 13.0. The second kappa shape index (κ2) is 7.01. The smallest absolute Gasteiger partial charge is 0.342 e. The van der Waals surface area contributed by atoms with Crippen LogP contribution in [-0.2, 0) is 19.1 Å². The van der Waals surface area contributed by atoms with Gasteiger partial charge in [-0.3, -0.25) is 4.79 Å². The van der Waals surface area contributed by atoms with Crippen molar-refractivity contribution < 1.29 is 24.2 Å². The number of hydrogen-bond donors (Lipinski definition) is 1. The molecule has 3 aliphatic rings. The van der Waals surface area contributed by atoms with Crippen LogP contribution in [0, 0.1) is 28.6 Å². The van der Waals surface area contributed by atoms with Crippen molar-refractivity contribution in [3.63, 3.8) is 0 Å². The van der Waals surface area contributed by atoms with Gasteiger partial charge in [0.15, 0.2) is 11.4 Å². The van der Waals surface area contributed by atoms with Crippen LogP contribution in [0.5, 0.6) is 0 Å². The first-order valence-electron chi connectivity index (χ1n) is 10.3. The fraction of sp³-hybridized carbons (Fsp3) is 0.739. The molecule has 0 spiro atoms. The first-order valence-corrected chi connectivity index (χ1v) is 10.3. The molecule has 3 rings (SSSR count). The Labute approximate surface area is 168 Å². The Morgan fingerprint density at radius 2 is 2.00 bits per heavy atom. The molecule has 0 amide bonds. The molecule has 3 aliphatic carbocycles. The van der Waals surface area contributed by atoms with Crippen molar-refractivity contribution in [2.75, 3.05) is 14.2 Å². The normalized spacial score (nSPS) is 43.4. The number of methoxy groups -OCH3 is 2. The van der Waals surface area contributed by atoms with Gasteiger partial charge in [-0.05, 0) is 61.2 Å². The van der Waals surface area contributed by atoms with Crippen molar-refractivity contribution in [3.8, 4) is 0 Å². The predicted octanol–water partition coefficient (Wildman–Crippen LogP) is 3.81. The van der Waals surface area contributed by atoms with E-state index in [9.17, 15) is 14.7 Å². The van der Waals surface area contributed by atoms with Gasteiger partial charge in [-0.15, -0.1) is 0 Å². The number of ketones is 1. The first kappa shape index (κ1) is 21.1. The van der Waals surface area contributed by atoms with Crippen LogP contribution in [0.4, 0.5) is 0 Å². The molecule has 5 nitrogen and oxygen atoms in total. The zero-order valence-corrected chi connectivity index (χ0v) is 17.8. The van der Waals surface area contributed by atoms with Gasteiger partial charge in [0.05, 0.1) is 20.1 Å². The summed E-state index contributed by atoms with van der Waals surface area (Å²) < 4.78 is 10.0. The maximum atomic E-state index is 13.0. The van der Waals surface area contributed by atoms with E-state index in [2.05, 4.69) is 27.4 Å². The van der Waals surface area contributed by atoms with Gasteiger partial charge >= 0.3 is 5.97 Å². The van der Waals surface area contributed by atoms with Gasteiger partial charge in [0.2, 0.25) is 5.78 Å². The predicted molar refractivity (Wildman–Crippen MR) is 106 cm³/mol. The lowest BCUT2D eigenvalue weighted by molar-refractivity contribution is -0.167. The quantitative estimate of drug-likeness (QED) is 0.584. The number of esters is 1. The summed E-state index contributed by atoms with van der Waals surface area (Å²) in [5.74, 6) is -1.23. The Hall–Kier alpha value is -1.62. The van der Waals surface area contributed by atoms with E-state index < -0.39 is 17.5 Å². The summed E-state index contributed by atoms with van der Waals surface area (Å²) in [6.07, 6.45) is 7.05. The maximum Gasteiger partial charge on any atom is 0.342 e. The molecule has 0 bridgehead atoms. The zero-order chi connectivity index (χ0) is 20.9. The van der Waals surface area contributed by atoms with E-state index in [1.807, 2.05) is 0 Å². The van der Waals surface area contributed by atoms with Crippen LogP contribution >= 0.6 is 0 Å². The summed E-state index contributed by atoms with van der Waals surface area (Å²) in [7, 11) is 2.62. The number of carbonyl (C=O) groups excluding carboxylic acids is 2. The standard InChI is InChI=1S/C23H34O5/c1-14-8-7-9-18-21(14,3)11-10-15(2)22(18,4)12-16-19(24)17(27-5)13-23(16,26)20(25)28-6/h13,15-16,18,26H,1,7-12H2,2-6H3/t15-,16+,18-,21+,22+,23+/m0/s1. The second-order valence-electron chi connectivity index (χ2n) is 9.56. The van der Waals surface area contributed by atoms with Crippen molar-refractivity contribution in [2.45, 2.75) is 64.9 Å². The number of fused-ring (bicyclic) bond motifs is 1. The molecule has 28 heavy (non-hydrogen) atoms. The third kappa shape index (κ3) is 2.85. The fourth-order valence-corrected chi connectivity index (χ4v) is 6.27. The van der Waals surface area contributed by atoms with Crippen molar-refractivity contribution >= 4 is 11.8 Å². The van der Waals surface area contributed by atoms with Crippen LogP contribution in [0.25, 0.3) is 0 Å². The van der Waals surface area contributed by atoms with E-state index in [0.717, 1.165) is 32.1 Å². The van der Waals surface area contributed by atoms with Crippen LogP contribution < -0.4 is 0 Å². The Bertz CT molecular complexity index is 725. The molecule has 0 aliphatic heterocycles. The third-order valence-corrected chi connectivity index (χ3v) is 8.38. The van der Waals surface area contributed by atoms with Gasteiger partial charge in [0.1, 0.15) is 0 Å². The molecule has 0 saturated heterocycles. The summed E-state index contributed by atoms with van der Waals surface area (Å²) >= 11 is 0. The molecule has 0 aromatic heterocycles. The molecule has 156 valence electrons. The first-order chi connectivity index (χ1) is 13.0. The highest BCUT2D eigenvalue weighted by atomic mass is 16.5. The molecule has 0 aromatic rings. The SMILES string of the molecule is C=C1CCC[C@@H]2[C@](C)(C[C@@H]3C(=O)C(OC)=C[C@]3(O)C(=O)OC)[C@@H](C)CC[C@]12C. The molecule has 0 unspecified atom stereocenters. The van der Waals surface area contributed by atoms with Crippen LogP contribution in [0.1, 0.15) is 59.3 Å². The molecular weight excluding hydrogens is 356 g/mol. The minimum absolute atomic E-state index is 0.0424. The van der Waals surface area contributed by atoms with Gasteiger partial charge in [-0.25, -0.2) is 4.79 Å². The highest BCUT2D eigenvalue weighted by Gasteiger charge is 2.60. The van der Waals surface area contributed by atoms with E-state index in [0.29, 0.717) is 18.3 Å². The molecule has 0 radical (unpaired) electrons. The number of hydrogen-bond acceptors (Lipinski definition) is 5. The lowest BCUT2D eigenvalue weighted by atomic mass is 9.45. The summed E-state index contributed by atoms with van der Waals surface area (Å²) in [6.45, 7) is 11.2. The molecule has 1 N–H and O–H groups in total. The van der Waals surface area contributed by atoms with Crippen LogP contribution in [0.15, 0.2) is 24.0 Å². The zero-order valence-electron chi connectivity index (χ0n) is 17.8. The monoisotopic (exact) mass is 390 g/mol. The summed E-state index contributed by atoms with van der Waals surface area (Å²) in [5.41, 5.74) is -0.824. The summed E-state index contributed by atoms with van der Waals surface area (Å²) in [4.78, 5) is 25.5. The Kier molecular flexibility index (Phi) is 5.28. The fourth-order valence-electron chi connectivity index (χ4n) is 6.27. The van der Waals surface area contributed by atoms with Gasteiger partial charge in [-0.2, -0.15) is 0 Å². The van der Waals surface area contributed by atoms with Crippen LogP contribution in [0.3, 0.4) is 0 Å². The average molecular weight is 391 g/mol. The second-order valence-corrected chi connectivity index (χ2v) is 9.56. The van der Waals surface area contributed by atoms with Gasteiger partial charge in [0, 0.05) is 6.08 Å². The Morgan fingerprint density at radius 3 is 2.61 bits per heavy atom. The van der Waals surface area contributed by atoms with Crippen molar-refractivity contribution in [2.24, 2.45) is 28.6 Å². The van der Waals surface area contributed by atoms with E-state index in [-0.39, 0.29) is 22.4 Å². The van der Waals surface area contributed by atoms with Crippen molar-refractivity contribution in [1.29, 1.82) is 0 Å². The Balaban J connectivity index is 2.00.